The van der Waals surface area contributed by atoms with Gasteiger partial charge in [0.05, 0.1) is 37.9 Å². The Hall–Kier alpha value is -2.67. The van der Waals surface area contributed by atoms with E-state index in [-0.39, 0.29) is 18.9 Å². The van der Waals surface area contributed by atoms with E-state index in [9.17, 15) is 9.59 Å². The van der Waals surface area contributed by atoms with Crippen LogP contribution in [0, 0.1) is 13.8 Å². The van der Waals surface area contributed by atoms with Crippen molar-refractivity contribution < 1.29 is 19.4 Å². The number of rotatable bonds is 5. The molecule has 1 amide bonds. The predicted molar refractivity (Wildman–Crippen MR) is 95.1 cm³/mol. The van der Waals surface area contributed by atoms with Gasteiger partial charge >= 0.3 is 5.97 Å². The van der Waals surface area contributed by atoms with Crippen LogP contribution in [0.1, 0.15) is 33.7 Å². The highest BCUT2D eigenvalue weighted by atomic mass is 16.5. The lowest BCUT2D eigenvalue weighted by molar-refractivity contribution is -0.139. The molecule has 0 unspecified atom stereocenters. The number of aryl methyl sites for hydroxylation is 2. The Morgan fingerprint density at radius 1 is 1.31 bits per heavy atom. The zero-order valence-corrected chi connectivity index (χ0v) is 15.0. The van der Waals surface area contributed by atoms with Gasteiger partial charge in [-0.2, -0.15) is 5.10 Å². The van der Waals surface area contributed by atoms with E-state index in [0.717, 1.165) is 17.0 Å². The van der Waals surface area contributed by atoms with Gasteiger partial charge < -0.3 is 14.7 Å². The number of carboxylic acid groups (broad SMARTS) is 1. The molecule has 0 radical (unpaired) electrons. The van der Waals surface area contributed by atoms with Gasteiger partial charge in [0.15, 0.2) is 0 Å². The van der Waals surface area contributed by atoms with Crippen molar-refractivity contribution in [2.45, 2.75) is 32.9 Å². The topological polar surface area (TPSA) is 84.7 Å². The fourth-order valence-electron chi connectivity index (χ4n) is 3.27. The number of hydrogen-bond donors (Lipinski definition) is 1. The van der Waals surface area contributed by atoms with Gasteiger partial charge in [-0.1, -0.05) is 12.1 Å². The summed E-state index contributed by atoms with van der Waals surface area (Å²) >= 11 is 0. The molecule has 3 rings (SSSR count). The first-order chi connectivity index (χ1) is 12.4. The molecule has 0 bridgehead atoms. The van der Waals surface area contributed by atoms with Crippen LogP contribution in [0.25, 0.3) is 0 Å². The third-order valence-electron chi connectivity index (χ3n) is 4.51. The van der Waals surface area contributed by atoms with Crippen LogP contribution in [0.3, 0.4) is 0 Å². The third kappa shape index (κ3) is 4.11. The molecule has 1 aromatic heterocycles. The maximum atomic E-state index is 12.9. The van der Waals surface area contributed by atoms with Crippen LogP contribution >= 0.6 is 0 Å². The van der Waals surface area contributed by atoms with Gasteiger partial charge in [-0.15, -0.1) is 0 Å². The molecule has 1 N–H and O–H groups in total. The van der Waals surface area contributed by atoms with E-state index in [1.165, 1.54) is 0 Å². The van der Waals surface area contributed by atoms with Gasteiger partial charge in [-0.05, 0) is 37.6 Å². The highest BCUT2D eigenvalue weighted by Crippen LogP contribution is 2.17. The number of amides is 1. The Bertz CT molecular complexity index is 815. The molecule has 1 atom stereocenters. The number of aliphatic carboxylic acids is 1. The Morgan fingerprint density at radius 3 is 2.81 bits per heavy atom. The quantitative estimate of drug-likeness (QED) is 0.883. The molecule has 26 heavy (non-hydrogen) atoms. The zero-order chi connectivity index (χ0) is 18.7. The highest BCUT2D eigenvalue weighted by molar-refractivity contribution is 5.95. The van der Waals surface area contributed by atoms with Crippen molar-refractivity contribution in [1.29, 1.82) is 0 Å². The Balaban J connectivity index is 1.79. The van der Waals surface area contributed by atoms with Gasteiger partial charge in [-0.25, -0.2) is 0 Å². The van der Waals surface area contributed by atoms with E-state index in [1.807, 2.05) is 42.8 Å². The summed E-state index contributed by atoms with van der Waals surface area (Å²) in [7, 11) is 0. The summed E-state index contributed by atoms with van der Waals surface area (Å²) in [5, 5.41) is 13.5. The molecule has 2 aromatic rings. The number of carbonyl (C=O) groups is 2. The maximum absolute atomic E-state index is 12.9. The van der Waals surface area contributed by atoms with E-state index in [1.54, 1.807) is 11.0 Å². The van der Waals surface area contributed by atoms with Crippen molar-refractivity contribution in [2.24, 2.45) is 0 Å². The summed E-state index contributed by atoms with van der Waals surface area (Å²) in [5.74, 6) is -1.09. The summed E-state index contributed by atoms with van der Waals surface area (Å²) in [6.07, 6.45) is -0.114. The molecule has 2 heterocycles. The Labute approximate surface area is 152 Å². The van der Waals surface area contributed by atoms with Crippen LogP contribution in [0.5, 0.6) is 0 Å². The minimum atomic E-state index is -0.934. The summed E-state index contributed by atoms with van der Waals surface area (Å²) in [6, 6.07) is 9.00. The lowest BCUT2D eigenvalue weighted by Gasteiger charge is -2.35. The van der Waals surface area contributed by atoms with Crippen LogP contribution in [-0.4, -0.2) is 57.5 Å². The van der Waals surface area contributed by atoms with E-state index < -0.39 is 12.0 Å². The molecule has 1 aromatic carbocycles. The SMILES string of the molecule is Cc1cc(C)n(Cc2cccc(C(=O)N3CCOC[C@@H]3CC(=O)O)c2)n1. The van der Waals surface area contributed by atoms with Crippen molar-refractivity contribution >= 4 is 11.9 Å². The fourth-order valence-corrected chi connectivity index (χ4v) is 3.27. The molecular weight excluding hydrogens is 334 g/mol. The van der Waals surface area contributed by atoms with Gasteiger partial charge in [0.2, 0.25) is 0 Å². The number of hydrogen-bond acceptors (Lipinski definition) is 4. The second-order valence-corrected chi connectivity index (χ2v) is 6.61. The fraction of sp³-hybridized carbons (Fsp3) is 0.421. The zero-order valence-electron chi connectivity index (χ0n) is 15.0. The lowest BCUT2D eigenvalue weighted by atomic mass is 10.1. The third-order valence-corrected chi connectivity index (χ3v) is 4.51. The van der Waals surface area contributed by atoms with Gasteiger partial charge in [0.25, 0.3) is 5.91 Å². The van der Waals surface area contributed by atoms with E-state index in [4.69, 9.17) is 9.84 Å². The minimum absolute atomic E-state index is 0.114. The Morgan fingerprint density at radius 2 is 2.12 bits per heavy atom. The van der Waals surface area contributed by atoms with E-state index >= 15 is 0 Å². The summed E-state index contributed by atoms with van der Waals surface area (Å²) in [5.41, 5.74) is 3.56. The molecule has 1 aliphatic heterocycles. The summed E-state index contributed by atoms with van der Waals surface area (Å²) in [4.78, 5) is 25.6. The highest BCUT2D eigenvalue weighted by Gasteiger charge is 2.29. The lowest BCUT2D eigenvalue weighted by Crippen LogP contribution is -2.49. The number of morpholine rings is 1. The monoisotopic (exact) mass is 357 g/mol. The largest absolute Gasteiger partial charge is 0.481 e. The van der Waals surface area contributed by atoms with Crippen LogP contribution < -0.4 is 0 Å². The van der Waals surface area contributed by atoms with Crippen LogP contribution in [0.15, 0.2) is 30.3 Å². The summed E-state index contributed by atoms with van der Waals surface area (Å²) < 4.78 is 7.25. The molecule has 138 valence electrons. The number of aromatic nitrogens is 2. The van der Waals surface area contributed by atoms with E-state index in [2.05, 4.69) is 5.10 Å². The number of nitrogens with zero attached hydrogens (tertiary/aromatic N) is 3. The van der Waals surface area contributed by atoms with Crippen LogP contribution in [0.4, 0.5) is 0 Å². The van der Waals surface area contributed by atoms with Gasteiger partial charge in [-0.3, -0.25) is 14.3 Å². The molecule has 7 nitrogen and oxygen atoms in total. The van der Waals surface area contributed by atoms with E-state index in [0.29, 0.717) is 25.3 Å². The number of carbonyl (C=O) groups excluding carboxylic acids is 1. The first-order valence-electron chi connectivity index (χ1n) is 8.64. The van der Waals surface area contributed by atoms with Crippen molar-refractivity contribution in [2.75, 3.05) is 19.8 Å². The molecule has 1 saturated heterocycles. The number of ether oxygens (including phenoxy) is 1. The average Bonchev–Trinajstić information content (AvgIpc) is 2.91. The molecule has 0 aliphatic carbocycles. The maximum Gasteiger partial charge on any atom is 0.305 e. The Kier molecular flexibility index (Phi) is 5.37. The molecule has 0 spiro atoms. The van der Waals surface area contributed by atoms with Crippen LogP contribution in [0.2, 0.25) is 0 Å². The van der Waals surface area contributed by atoms with Crippen molar-refractivity contribution in [1.82, 2.24) is 14.7 Å². The molecule has 1 fully saturated rings. The second-order valence-electron chi connectivity index (χ2n) is 6.61. The summed E-state index contributed by atoms with van der Waals surface area (Å²) in [6.45, 7) is 5.61. The van der Waals surface area contributed by atoms with Gasteiger partial charge in [0, 0.05) is 17.8 Å². The number of carboxylic acids is 1. The normalized spacial score (nSPS) is 17.3. The average molecular weight is 357 g/mol. The second kappa shape index (κ2) is 7.70. The van der Waals surface area contributed by atoms with Gasteiger partial charge in [0.1, 0.15) is 0 Å². The van der Waals surface area contributed by atoms with Crippen LogP contribution in [-0.2, 0) is 16.1 Å². The molecule has 0 saturated carbocycles. The smallest absolute Gasteiger partial charge is 0.305 e. The van der Waals surface area contributed by atoms with Crippen molar-refractivity contribution in [3.05, 3.63) is 52.8 Å². The molecule has 1 aliphatic rings. The minimum Gasteiger partial charge on any atom is -0.481 e. The first kappa shape index (κ1) is 18.1. The molecule has 7 heteroatoms. The number of benzene rings is 1. The molecular formula is C19H23N3O4. The first-order valence-corrected chi connectivity index (χ1v) is 8.64. The predicted octanol–water partition coefficient (Wildman–Crippen LogP) is 1.86. The standard InChI is InChI=1S/C19H23N3O4/c1-13-8-14(2)22(20-13)11-15-4-3-5-16(9-15)19(25)21-6-7-26-12-17(21)10-18(23)24/h3-5,8-9,17H,6-7,10-12H2,1-2H3,(H,23,24)/t17-/m0/s1. The van der Waals surface area contributed by atoms with Crippen molar-refractivity contribution in [3.63, 3.8) is 0 Å². The van der Waals surface area contributed by atoms with Crippen molar-refractivity contribution in [3.8, 4) is 0 Å².